The van der Waals surface area contributed by atoms with Crippen LogP contribution in [0, 0.1) is 12.3 Å². The van der Waals surface area contributed by atoms with Gasteiger partial charge in [0.15, 0.2) is 0 Å². The van der Waals surface area contributed by atoms with Crippen molar-refractivity contribution in [2.24, 2.45) is 5.41 Å². The Balaban J connectivity index is 2.42. The largest absolute Gasteiger partial charge is 0.319 e. The topological polar surface area (TPSA) is 40.7 Å². The van der Waals surface area contributed by atoms with E-state index in [0.29, 0.717) is 11.3 Å². The zero-order chi connectivity index (χ0) is 11.1. The molecule has 2 N–H and O–H groups in total. The van der Waals surface area contributed by atoms with Crippen molar-refractivity contribution < 1.29 is 0 Å². The average molecular weight is 207 g/mol. The van der Waals surface area contributed by atoms with Gasteiger partial charge in [0, 0.05) is 23.7 Å². The number of aromatic amines is 1. The van der Waals surface area contributed by atoms with Crippen LogP contribution >= 0.6 is 0 Å². The van der Waals surface area contributed by atoms with E-state index in [2.05, 4.69) is 36.3 Å². The summed E-state index contributed by atoms with van der Waals surface area (Å²) in [6.45, 7) is 7.91. The van der Waals surface area contributed by atoms with Gasteiger partial charge in [0.25, 0.3) is 0 Å². The highest BCUT2D eigenvalue weighted by Gasteiger charge is 2.37. The quantitative estimate of drug-likeness (QED) is 0.778. The van der Waals surface area contributed by atoms with Crippen molar-refractivity contribution in [1.29, 1.82) is 0 Å². The molecule has 15 heavy (non-hydrogen) atoms. The minimum atomic E-state index is 0.380. The number of fused-ring (bicyclic) bond motifs is 1. The van der Waals surface area contributed by atoms with Gasteiger partial charge >= 0.3 is 0 Å². The molecule has 1 aromatic rings. The molecule has 1 aliphatic rings. The first-order valence-electron chi connectivity index (χ1n) is 5.74. The third-order valence-corrected chi connectivity index (χ3v) is 3.78. The van der Waals surface area contributed by atoms with Gasteiger partial charge in [-0.3, -0.25) is 5.10 Å². The Bertz CT molecular complexity index is 352. The zero-order valence-corrected chi connectivity index (χ0v) is 10.1. The molecule has 0 spiro atoms. The highest BCUT2D eigenvalue weighted by atomic mass is 15.1. The second-order valence-corrected chi connectivity index (χ2v) is 5.31. The van der Waals surface area contributed by atoms with Crippen LogP contribution in [0.5, 0.6) is 0 Å². The smallest absolute Gasteiger partial charge is 0.0660 e. The van der Waals surface area contributed by atoms with Gasteiger partial charge in [-0.05, 0) is 32.2 Å². The molecule has 84 valence electrons. The van der Waals surface area contributed by atoms with E-state index in [1.54, 1.807) is 0 Å². The molecule has 1 aromatic heterocycles. The van der Waals surface area contributed by atoms with Crippen molar-refractivity contribution >= 4 is 0 Å². The molecule has 1 atom stereocenters. The van der Waals surface area contributed by atoms with Gasteiger partial charge in [0.2, 0.25) is 0 Å². The van der Waals surface area contributed by atoms with Crippen molar-refractivity contribution in [3.63, 3.8) is 0 Å². The molecule has 0 saturated carbocycles. The fourth-order valence-electron chi connectivity index (χ4n) is 2.73. The molecule has 0 amide bonds. The Kier molecular flexibility index (Phi) is 2.59. The second-order valence-electron chi connectivity index (χ2n) is 5.31. The number of rotatable bonds is 2. The maximum atomic E-state index is 4.40. The lowest BCUT2D eigenvalue weighted by atomic mass is 9.67. The lowest BCUT2D eigenvalue weighted by Crippen LogP contribution is -2.34. The van der Waals surface area contributed by atoms with Gasteiger partial charge < -0.3 is 5.32 Å². The minimum Gasteiger partial charge on any atom is -0.319 e. The number of hydrogen-bond acceptors (Lipinski definition) is 2. The number of hydrogen-bond donors (Lipinski definition) is 2. The van der Waals surface area contributed by atoms with Gasteiger partial charge in [-0.15, -0.1) is 0 Å². The Labute approximate surface area is 91.7 Å². The van der Waals surface area contributed by atoms with Crippen LogP contribution in [0.4, 0.5) is 0 Å². The molecule has 2 rings (SSSR count). The van der Waals surface area contributed by atoms with Gasteiger partial charge in [0.05, 0.1) is 5.69 Å². The molecule has 1 heterocycles. The first-order chi connectivity index (χ1) is 7.06. The molecule has 0 radical (unpaired) electrons. The van der Waals surface area contributed by atoms with Crippen molar-refractivity contribution in [2.45, 2.75) is 39.5 Å². The molecule has 3 nitrogen and oxygen atoms in total. The molecule has 0 bridgehead atoms. The van der Waals surface area contributed by atoms with E-state index in [1.807, 2.05) is 7.05 Å². The summed E-state index contributed by atoms with van der Waals surface area (Å²) in [5, 5.41) is 10.8. The van der Waals surface area contributed by atoms with Crippen LogP contribution in [-0.2, 0) is 6.42 Å². The summed E-state index contributed by atoms with van der Waals surface area (Å²) >= 11 is 0. The van der Waals surface area contributed by atoms with Crippen LogP contribution in [-0.4, -0.2) is 23.8 Å². The van der Waals surface area contributed by atoms with Crippen molar-refractivity contribution in [3.8, 4) is 0 Å². The number of aromatic nitrogens is 2. The van der Waals surface area contributed by atoms with Crippen LogP contribution in [0.1, 0.15) is 43.1 Å². The normalized spacial score (nSPS) is 23.9. The van der Waals surface area contributed by atoms with Gasteiger partial charge in [-0.1, -0.05) is 13.8 Å². The number of nitrogens with one attached hydrogen (secondary N) is 2. The lowest BCUT2D eigenvalue weighted by Gasteiger charge is -2.38. The number of aryl methyl sites for hydroxylation is 2. The van der Waals surface area contributed by atoms with E-state index in [-0.39, 0.29) is 0 Å². The number of nitrogens with zero attached hydrogens (tertiary/aromatic N) is 1. The van der Waals surface area contributed by atoms with Crippen molar-refractivity contribution in [3.05, 3.63) is 17.0 Å². The summed E-state index contributed by atoms with van der Waals surface area (Å²) in [5.41, 5.74) is 4.37. The van der Waals surface area contributed by atoms with Crippen LogP contribution in [0.15, 0.2) is 0 Å². The molecular weight excluding hydrogens is 186 g/mol. The summed E-state index contributed by atoms with van der Waals surface area (Å²) in [6, 6.07) is 0. The summed E-state index contributed by atoms with van der Waals surface area (Å²) in [7, 11) is 2.03. The molecular formula is C12H21N3. The molecule has 1 unspecified atom stereocenters. The van der Waals surface area contributed by atoms with E-state index < -0.39 is 0 Å². The predicted molar refractivity (Wildman–Crippen MR) is 62.1 cm³/mol. The molecule has 0 aromatic carbocycles. The first kappa shape index (κ1) is 10.7. The third kappa shape index (κ3) is 1.69. The van der Waals surface area contributed by atoms with E-state index in [9.17, 15) is 0 Å². The Hall–Kier alpha value is -0.830. The van der Waals surface area contributed by atoms with Crippen molar-refractivity contribution in [2.75, 3.05) is 13.6 Å². The average Bonchev–Trinajstić information content (AvgIpc) is 2.53. The Morgan fingerprint density at radius 3 is 2.93 bits per heavy atom. The summed E-state index contributed by atoms with van der Waals surface area (Å²) < 4.78 is 0. The van der Waals surface area contributed by atoms with Crippen molar-refractivity contribution in [1.82, 2.24) is 15.5 Å². The van der Waals surface area contributed by atoms with Crippen LogP contribution < -0.4 is 5.32 Å². The summed E-state index contributed by atoms with van der Waals surface area (Å²) in [4.78, 5) is 0. The Morgan fingerprint density at radius 2 is 2.27 bits per heavy atom. The van der Waals surface area contributed by atoms with Gasteiger partial charge in [0.1, 0.15) is 0 Å². The zero-order valence-electron chi connectivity index (χ0n) is 10.1. The molecule has 0 fully saturated rings. The monoisotopic (exact) mass is 207 g/mol. The second kappa shape index (κ2) is 3.63. The number of likely N-dealkylation sites (N-methyl/N-ethyl adjacent to an activating group) is 1. The van der Waals surface area contributed by atoms with E-state index in [4.69, 9.17) is 0 Å². The lowest BCUT2D eigenvalue weighted by molar-refractivity contribution is 0.239. The molecule has 3 heteroatoms. The predicted octanol–water partition coefficient (Wildman–Crippen LogP) is 1.99. The fourth-order valence-corrected chi connectivity index (χ4v) is 2.73. The fraction of sp³-hybridized carbons (Fsp3) is 0.750. The third-order valence-electron chi connectivity index (χ3n) is 3.78. The SMILES string of the molecule is CNCC1c2c(n[nH]c2C)CCC1(C)C. The van der Waals surface area contributed by atoms with Crippen LogP contribution in [0.2, 0.25) is 0 Å². The van der Waals surface area contributed by atoms with Gasteiger partial charge in [-0.2, -0.15) is 5.10 Å². The molecule has 0 saturated heterocycles. The maximum absolute atomic E-state index is 4.40. The maximum Gasteiger partial charge on any atom is 0.0660 e. The Morgan fingerprint density at radius 1 is 1.53 bits per heavy atom. The molecule has 1 aliphatic carbocycles. The number of H-pyrrole nitrogens is 1. The first-order valence-corrected chi connectivity index (χ1v) is 5.74. The molecule has 0 aliphatic heterocycles. The van der Waals surface area contributed by atoms with E-state index in [0.717, 1.165) is 13.0 Å². The summed E-state index contributed by atoms with van der Waals surface area (Å²) in [5.74, 6) is 0.588. The van der Waals surface area contributed by atoms with Crippen LogP contribution in [0.25, 0.3) is 0 Å². The van der Waals surface area contributed by atoms with E-state index in [1.165, 1.54) is 23.4 Å². The van der Waals surface area contributed by atoms with Crippen LogP contribution in [0.3, 0.4) is 0 Å². The highest BCUT2D eigenvalue weighted by molar-refractivity contribution is 5.33. The van der Waals surface area contributed by atoms with E-state index >= 15 is 0 Å². The standard InChI is InChI=1S/C12H21N3/c1-8-11-9(7-13-4)12(2,3)6-5-10(11)15-14-8/h9,13H,5-7H2,1-4H3,(H,14,15). The van der Waals surface area contributed by atoms with Gasteiger partial charge in [-0.25, -0.2) is 0 Å². The summed E-state index contributed by atoms with van der Waals surface area (Å²) in [6.07, 6.45) is 2.35. The minimum absolute atomic E-state index is 0.380. The highest BCUT2D eigenvalue weighted by Crippen LogP contribution is 2.45.